The summed E-state index contributed by atoms with van der Waals surface area (Å²) in [4.78, 5) is 25.8. The second-order valence-corrected chi connectivity index (χ2v) is 6.62. The number of carbonyl (C=O) groups excluding carboxylic acids is 1. The molecule has 4 heterocycles. The molecule has 140 valence electrons. The van der Waals surface area contributed by atoms with E-state index in [0.717, 1.165) is 18.6 Å². The molecule has 0 bridgehead atoms. The fraction of sp³-hybridized carbons (Fsp3) is 0.316. The average Bonchev–Trinajstić information content (AvgIpc) is 3.13. The molecule has 0 saturated carbocycles. The molecule has 0 spiro atoms. The van der Waals surface area contributed by atoms with Crippen LogP contribution in [0.1, 0.15) is 10.4 Å². The molecule has 0 radical (unpaired) electrons. The number of ether oxygens (including phenoxy) is 1. The highest BCUT2D eigenvalue weighted by Gasteiger charge is 2.18. The van der Waals surface area contributed by atoms with Crippen LogP contribution in [0.25, 0.3) is 5.52 Å². The smallest absolute Gasteiger partial charge is 0.257 e. The summed E-state index contributed by atoms with van der Waals surface area (Å²) < 4.78 is 7.30. The molecule has 1 fully saturated rings. The van der Waals surface area contributed by atoms with Gasteiger partial charge in [-0.3, -0.25) is 4.79 Å². The van der Waals surface area contributed by atoms with E-state index in [0.29, 0.717) is 36.2 Å². The van der Waals surface area contributed by atoms with Crippen LogP contribution in [0.15, 0.2) is 42.9 Å². The highest BCUT2D eigenvalue weighted by atomic mass is 16.5. The molecule has 1 aliphatic heterocycles. The Kier molecular flexibility index (Phi) is 4.64. The van der Waals surface area contributed by atoms with Gasteiger partial charge in [0.05, 0.1) is 25.0 Å². The first-order valence-corrected chi connectivity index (χ1v) is 8.87. The maximum atomic E-state index is 12.7. The Morgan fingerprint density at radius 2 is 2.07 bits per heavy atom. The monoisotopic (exact) mass is 366 g/mol. The number of morpholine rings is 1. The van der Waals surface area contributed by atoms with E-state index in [2.05, 4.69) is 20.2 Å². The van der Waals surface area contributed by atoms with Crippen molar-refractivity contribution in [1.82, 2.24) is 14.4 Å². The molecule has 3 aromatic rings. The number of aromatic nitrogens is 3. The molecule has 0 aliphatic carbocycles. The number of carbonyl (C=O) groups is 1. The van der Waals surface area contributed by atoms with Crippen LogP contribution in [0.5, 0.6) is 0 Å². The largest absolute Gasteiger partial charge is 0.378 e. The van der Waals surface area contributed by atoms with Gasteiger partial charge in [0.25, 0.3) is 5.91 Å². The Balaban J connectivity index is 1.59. The number of rotatable bonds is 4. The van der Waals surface area contributed by atoms with Gasteiger partial charge in [0.2, 0.25) is 5.95 Å². The number of pyridine rings is 1. The van der Waals surface area contributed by atoms with Crippen LogP contribution in [0, 0.1) is 0 Å². The van der Waals surface area contributed by atoms with Crippen molar-refractivity contribution < 1.29 is 9.53 Å². The van der Waals surface area contributed by atoms with Crippen LogP contribution in [0.3, 0.4) is 0 Å². The summed E-state index contributed by atoms with van der Waals surface area (Å²) in [6.07, 6.45) is 5.39. The Labute approximate surface area is 157 Å². The van der Waals surface area contributed by atoms with E-state index >= 15 is 0 Å². The molecule has 0 unspecified atom stereocenters. The minimum atomic E-state index is -0.190. The number of fused-ring (bicyclic) bond motifs is 1. The van der Waals surface area contributed by atoms with Gasteiger partial charge in [-0.25, -0.2) is 4.98 Å². The van der Waals surface area contributed by atoms with Crippen LogP contribution in [-0.2, 0) is 4.74 Å². The minimum Gasteiger partial charge on any atom is -0.378 e. The quantitative estimate of drug-likeness (QED) is 0.760. The van der Waals surface area contributed by atoms with Gasteiger partial charge in [0.1, 0.15) is 5.69 Å². The molecule has 1 amide bonds. The van der Waals surface area contributed by atoms with Gasteiger partial charge in [-0.05, 0) is 18.2 Å². The van der Waals surface area contributed by atoms with Crippen LogP contribution < -0.4 is 15.1 Å². The first-order chi connectivity index (χ1) is 13.1. The lowest BCUT2D eigenvalue weighted by molar-refractivity contribution is 0.102. The average molecular weight is 366 g/mol. The molecule has 8 nitrogen and oxygen atoms in total. The number of hydrogen-bond donors (Lipinski definition) is 1. The van der Waals surface area contributed by atoms with Crippen LogP contribution >= 0.6 is 0 Å². The Morgan fingerprint density at radius 3 is 2.81 bits per heavy atom. The summed E-state index contributed by atoms with van der Waals surface area (Å²) in [6.45, 7) is 2.86. The normalized spacial score (nSPS) is 14.4. The molecular formula is C19H22N6O2. The molecule has 27 heavy (non-hydrogen) atoms. The highest BCUT2D eigenvalue weighted by molar-refractivity contribution is 6.06. The lowest BCUT2D eigenvalue weighted by Crippen LogP contribution is -2.37. The van der Waals surface area contributed by atoms with E-state index in [4.69, 9.17) is 4.74 Å². The number of anilines is 3. The molecule has 4 rings (SSSR count). The maximum Gasteiger partial charge on any atom is 0.257 e. The number of hydrogen-bond acceptors (Lipinski definition) is 6. The minimum absolute atomic E-state index is 0.190. The van der Waals surface area contributed by atoms with E-state index in [-0.39, 0.29) is 5.91 Å². The van der Waals surface area contributed by atoms with E-state index in [1.54, 1.807) is 6.20 Å². The van der Waals surface area contributed by atoms with Crippen molar-refractivity contribution in [2.24, 2.45) is 0 Å². The summed E-state index contributed by atoms with van der Waals surface area (Å²) in [5, 5.41) is 2.94. The third-order valence-electron chi connectivity index (χ3n) is 4.49. The van der Waals surface area contributed by atoms with Crippen LogP contribution in [0.4, 0.5) is 17.5 Å². The van der Waals surface area contributed by atoms with E-state index in [1.807, 2.05) is 60.1 Å². The second kappa shape index (κ2) is 7.24. The molecule has 0 atom stereocenters. The molecule has 8 heteroatoms. The Hall–Kier alpha value is -3.13. The summed E-state index contributed by atoms with van der Waals surface area (Å²) in [6, 6.07) is 7.69. The van der Waals surface area contributed by atoms with Crippen molar-refractivity contribution in [3.05, 3.63) is 48.4 Å². The Morgan fingerprint density at radius 1 is 1.26 bits per heavy atom. The molecular weight excluding hydrogens is 344 g/mol. The molecule has 0 aromatic carbocycles. The summed E-state index contributed by atoms with van der Waals surface area (Å²) in [5.74, 6) is 1.13. The van der Waals surface area contributed by atoms with Gasteiger partial charge < -0.3 is 24.3 Å². The number of amides is 1. The summed E-state index contributed by atoms with van der Waals surface area (Å²) in [7, 11) is 3.79. The fourth-order valence-corrected chi connectivity index (χ4v) is 3.08. The first kappa shape index (κ1) is 17.3. The third kappa shape index (κ3) is 3.56. The van der Waals surface area contributed by atoms with Gasteiger partial charge in [-0.15, -0.1) is 0 Å². The number of nitrogens with one attached hydrogen (secondary N) is 1. The standard InChI is InChI=1S/C19H22N6O2/c1-23(2)17-16(12-20-19(22-17)24-7-9-27-10-8-24)21-18(26)14-11-15-5-3-4-6-25(15)13-14/h3-6,11-13H,7-10H2,1-2H3,(H,21,26). The van der Waals surface area contributed by atoms with Crippen LogP contribution in [-0.4, -0.2) is 60.7 Å². The fourth-order valence-electron chi connectivity index (χ4n) is 3.08. The number of nitrogens with zero attached hydrogens (tertiary/aromatic N) is 5. The maximum absolute atomic E-state index is 12.7. The van der Waals surface area contributed by atoms with Crippen molar-refractivity contribution >= 4 is 28.9 Å². The highest BCUT2D eigenvalue weighted by Crippen LogP contribution is 2.25. The van der Waals surface area contributed by atoms with Crippen molar-refractivity contribution in [3.63, 3.8) is 0 Å². The van der Waals surface area contributed by atoms with Gasteiger partial charge >= 0.3 is 0 Å². The van der Waals surface area contributed by atoms with Crippen molar-refractivity contribution in [2.75, 3.05) is 55.5 Å². The third-order valence-corrected chi connectivity index (χ3v) is 4.49. The van der Waals surface area contributed by atoms with Crippen molar-refractivity contribution in [2.45, 2.75) is 0 Å². The topological polar surface area (TPSA) is 75.0 Å². The predicted octanol–water partition coefficient (Wildman–Crippen LogP) is 1.88. The molecule has 1 aliphatic rings. The van der Waals surface area contributed by atoms with Crippen molar-refractivity contribution in [3.8, 4) is 0 Å². The van der Waals surface area contributed by atoms with Gasteiger partial charge in [-0.1, -0.05) is 6.07 Å². The molecule has 3 aromatic heterocycles. The second-order valence-electron chi connectivity index (χ2n) is 6.62. The zero-order chi connectivity index (χ0) is 18.8. The van der Waals surface area contributed by atoms with Crippen molar-refractivity contribution in [1.29, 1.82) is 0 Å². The SMILES string of the molecule is CN(C)c1nc(N2CCOCC2)ncc1NC(=O)c1cc2ccccn2c1. The van der Waals surface area contributed by atoms with Gasteiger partial charge in [-0.2, -0.15) is 4.98 Å². The van der Waals surface area contributed by atoms with Crippen LogP contribution in [0.2, 0.25) is 0 Å². The zero-order valence-electron chi connectivity index (χ0n) is 15.4. The lowest BCUT2D eigenvalue weighted by atomic mass is 10.3. The summed E-state index contributed by atoms with van der Waals surface area (Å²) >= 11 is 0. The molecule has 1 saturated heterocycles. The van der Waals surface area contributed by atoms with Gasteiger partial charge in [0, 0.05) is 45.1 Å². The zero-order valence-corrected chi connectivity index (χ0v) is 15.4. The summed E-state index contributed by atoms with van der Waals surface area (Å²) in [5.41, 5.74) is 2.13. The lowest BCUT2D eigenvalue weighted by Gasteiger charge is -2.28. The van der Waals surface area contributed by atoms with Gasteiger partial charge in [0.15, 0.2) is 5.82 Å². The van der Waals surface area contributed by atoms with E-state index in [1.165, 1.54) is 0 Å². The Bertz CT molecular complexity index is 929. The van der Waals surface area contributed by atoms with E-state index in [9.17, 15) is 4.79 Å². The molecule has 1 N–H and O–H groups in total. The first-order valence-electron chi connectivity index (χ1n) is 8.87. The van der Waals surface area contributed by atoms with E-state index < -0.39 is 0 Å². The predicted molar refractivity (Wildman–Crippen MR) is 105 cm³/mol.